The van der Waals surface area contributed by atoms with Crippen molar-refractivity contribution in [2.45, 2.75) is 63.2 Å². The van der Waals surface area contributed by atoms with E-state index < -0.39 is 13.7 Å². The molecule has 0 aliphatic carbocycles. The highest BCUT2D eigenvalue weighted by Crippen LogP contribution is 2.60. The van der Waals surface area contributed by atoms with Gasteiger partial charge in [0.2, 0.25) is 0 Å². The number of aryl methyl sites for hydroxylation is 1. The van der Waals surface area contributed by atoms with Gasteiger partial charge < -0.3 is 24.2 Å². The number of methoxy groups -OCH3 is 1. The predicted molar refractivity (Wildman–Crippen MR) is 216 cm³/mol. The molecule has 0 saturated carbocycles. The SMILES string of the molecule is COc1ccc([Si](C)(C)[C@@H]2[C@@H](CCn3cc(CCO)nn3)O[C@]3(C(=O)N(Cc4ccc(N5C(=O)COc6ccccc65)cc4)c4ccc(Br)cc43)[C@H]2C)cc1. The Kier molecular flexibility index (Phi) is 9.91. The van der Waals surface area contributed by atoms with E-state index in [1.165, 1.54) is 5.19 Å². The van der Waals surface area contributed by atoms with Crippen molar-refractivity contribution < 1.29 is 28.9 Å². The molecule has 11 nitrogen and oxygen atoms in total. The Morgan fingerprint density at radius 3 is 2.51 bits per heavy atom. The summed E-state index contributed by atoms with van der Waals surface area (Å²) in [6.45, 7) is 7.81. The number of aromatic nitrogens is 3. The molecule has 13 heteroatoms. The second-order valence-corrected chi connectivity index (χ2v) is 20.7. The lowest BCUT2D eigenvalue weighted by molar-refractivity contribution is -0.146. The average Bonchev–Trinajstić information content (AvgIpc) is 3.84. The molecule has 0 unspecified atom stereocenters. The molecule has 1 N–H and O–H groups in total. The third-order valence-electron chi connectivity index (χ3n) is 11.6. The first-order chi connectivity index (χ1) is 26.5. The summed E-state index contributed by atoms with van der Waals surface area (Å²) in [4.78, 5) is 31.8. The topological polar surface area (TPSA) is 119 Å². The zero-order chi connectivity index (χ0) is 38.5. The molecular weight excluding hydrogens is 778 g/mol. The number of fused-ring (bicyclic) bond motifs is 3. The van der Waals surface area contributed by atoms with Crippen molar-refractivity contribution in [3.8, 4) is 11.5 Å². The van der Waals surface area contributed by atoms with Crippen molar-refractivity contribution in [1.29, 1.82) is 0 Å². The average molecular weight is 823 g/mol. The number of para-hydroxylation sites is 2. The van der Waals surface area contributed by atoms with Gasteiger partial charge in [-0.05, 0) is 72.1 Å². The molecule has 1 fully saturated rings. The van der Waals surface area contributed by atoms with E-state index in [-0.39, 0.29) is 42.6 Å². The van der Waals surface area contributed by atoms with E-state index in [1.54, 1.807) is 12.0 Å². The van der Waals surface area contributed by atoms with Crippen molar-refractivity contribution in [1.82, 2.24) is 15.0 Å². The van der Waals surface area contributed by atoms with E-state index >= 15 is 4.79 Å². The molecular formula is C42H44BrN5O6Si. The van der Waals surface area contributed by atoms with Gasteiger partial charge >= 0.3 is 0 Å². The molecule has 3 aliphatic rings. The largest absolute Gasteiger partial charge is 0.497 e. The second kappa shape index (κ2) is 14.7. The first-order valence-corrected chi connectivity index (χ1v) is 22.5. The van der Waals surface area contributed by atoms with Crippen LogP contribution in [0.3, 0.4) is 0 Å². The summed E-state index contributed by atoms with van der Waals surface area (Å²) in [5, 5.41) is 19.3. The first-order valence-electron chi connectivity index (χ1n) is 18.6. The number of carbonyl (C=O) groups excluding carboxylic acids is 2. The van der Waals surface area contributed by atoms with Crippen LogP contribution in [0.2, 0.25) is 18.6 Å². The summed E-state index contributed by atoms with van der Waals surface area (Å²) in [7, 11) is -0.672. The summed E-state index contributed by atoms with van der Waals surface area (Å²) < 4.78 is 21.1. The van der Waals surface area contributed by atoms with Gasteiger partial charge in [0.25, 0.3) is 11.8 Å². The van der Waals surface area contributed by atoms with Gasteiger partial charge in [0.05, 0.1) is 44.9 Å². The van der Waals surface area contributed by atoms with E-state index in [1.807, 2.05) is 94.6 Å². The summed E-state index contributed by atoms with van der Waals surface area (Å²) in [5.74, 6) is 1.08. The van der Waals surface area contributed by atoms with Gasteiger partial charge in [0.15, 0.2) is 12.2 Å². The van der Waals surface area contributed by atoms with Crippen molar-refractivity contribution in [3.05, 3.63) is 118 Å². The van der Waals surface area contributed by atoms with E-state index in [2.05, 4.69) is 58.4 Å². The minimum atomic E-state index is -2.34. The number of ether oxygens (including phenoxy) is 3. The standard InChI is InChI=1S/C42H44BrN5O6Si/c1-27-40(55(3,4)33-16-14-32(52-2)15-17-33)38(19-21-46-25-30(20-22-49)44-45-46)54-42(27)34-23-29(43)11-18-35(34)47(41(42)51)24-28-9-12-31(13-10-28)48-36-7-5-6-8-37(36)53-26-39(48)50/h5-18,23,25,27,38,40,49H,19-22,24,26H2,1-4H3/t27-,38+,40-,42+/m0/s1. The highest BCUT2D eigenvalue weighted by atomic mass is 79.9. The van der Waals surface area contributed by atoms with Crippen LogP contribution < -0.4 is 24.5 Å². The Labute approximate surface area is 330 Å². The zero-order valence-corrected chi connectivity index (χ0v) is 33.9. The monoisotopic (exact) mass is 821 g/mol. The third kappa shape index (κ3) is 6.46. The fourth-order valence-corrected chi connectivity index (χ4v) is 13.4. The van der Waals surface area contributed by atoms with Gasteiger partial charge in [0, 0.05) is 47.4 Å². The fourth-order valence-electron chi connectivity index (χ4n) is 8.97. The van der Waals surface area contributed by atoms with E-state index in [4.69, 9.17) is 14.2 Å². The maximum absolute atomic E-state index is 15.3. The molecule has 1 spiro atoms. The minimum Gasteiger partial charge on any atom is -0.497 e. The van der Waals surface area contributed by atoms with Crippen molar-refractivity contribution in [2.75, 3.05) is 30.1 Å². The van der Waals surface area contributed by atoms with E-state index in [9.17, 15) is 9.90 Å². The minimum absolute atomic E-state index is 0.00792. The quantitative estimate of drug-likeness (QED) is 0.150. The molecule has 4 heterocycles. The van der Waals surface area contributed by atoms with Crippen LogP contribution in [0.5, 0.6) is 11.5 Å². The van der Waals surface area contributed by atoms with Gasteiger partial charge in [-0.15, -0.1) is 5.10 Å². The summed E-state index contributed by atoms with van der Waals surface area (Å²) in [6, 6.07) is 29.7. The Hall–Kier alpha value is -4.82. The highest BCUT2D eigenvalue weighted by molar-refractivity contribution is 9.10. The van der Waals surface area contributed by atoms with Gasteiger partial charge in [-0.2, -0.15) is 0 Å². The number of amides is 2. The molecule has 1 saturated heterocycles. The lowest BCUT2D eigenvalue weighted by atomic mass is 9.82. The highest BCUT2D eigenvalue weighted by Gasteiger charge is 2.66. The fraction of sp³-hybridized carbons (Fsp3) is 0.333. The van der Waals surface area contributed by atoms with Crippen LogP contribution in [0.15, 0.2) is 102 Å². The molecule has 8 rings (SSSR count). The Morgan fingerprint density at radius 1 is 1.00 bits per heavy atom. The molecule has 55 heavy (non-hydrogen) atoms. The summed E-state index contributed by atoms with van der Waals surface area (Å²) in [5.41, 5.74) is 3.64. The predicted octanol–water partition coefficient (Wildman–Crippen LogP) is 6.49. The van der Waals surface area contributed by atoms with Gasteiger partial charge in [-0.25, -0.2) is 0 Å². The number of anilines is 3. The number of nitrogens with zero attached hydrogens (tertiary/aromatic N) is 5. The number of aliphatic hydroxyl groups is 1. The number of benzene rings is 4. The van der Waals surface area contributed by atoms with Gasteiger partial charge in [0.1, 0.15) is 11.5 Å². The lowest BCUT2D eigenvalue weighted by Gasteiger charge is -2.37. The van der Waals surface area contributed by atoms with Crippen LogP contribution in [-0.2, 0) is 39.4 Å². The van der Waals surface area contributed by atoms with E-state index in [0.29, 0.717) is 37.4 Å². The van der Waals surface area contributed by atoms with Crippen molar-refractivity contribution >= 4 is 58.1 Å². The van der Waals surface area contributed by atoms with Crippen molar-refractivity contribution in [2.24, 2.45) is 5.92 Å². The molecule has 284 valence electrons. The van der Waals surface area contributed by atoms with Crippen LogP contribution >= 0.6 is 15.9 Å². The molecule has 2 amide bonds. The normalized spacial score (nSPS) is 21.9. The molecule has 3 aliphatic heterocycles. The van der Waals surface area contributed by atoms with Gasteiger partial charge in [-0.1, -0.05) is 82.7 Å². The third-order valence-corrected chi connectivity index (χ3v) is 16.5. The first kappa shape index (κ1) is 37.1. The smallest absolute Gasteiger partial charge is 0.269 e. The maximum Gasteiger partial charge on any atom is 0.269 e. The molecule has 4 atom stereocenters. The van der Waals surface area contributed by atoms with Crippen LogP contribution in [-0.4, -0.2) is 66.4 Å². The molecule has 0 radical (unpaired) electrons. The number of hydrogen-bond donors (Lipinski definition) is 1. The number of hydrogen-bond acceptors (Lipinski definition) is 8. The Bertz CT molecular complexity index is 2230. The van der Waals surface area contributed by atoms with Gasteiger partial charge in [-0.3, -0.25) is 19.2 Å². The Morgan fingerprint density at radius 2 is 1.76 bits per heavy atom. The molecule has 0 bridgehead atoms. The van der Waals surface area contributed by atoms with Crippen LogP contribution in [0.4, 0.5) is 17.1 Å². The van der Waals surface area contributed by atoms with Crippen LogP contribution in [0.25, 0.3) is 0 Å². The number of halogens is 1. The number of rotatable bonds is 11. The number of aliphatic hydroxyl groups excluding tert-OH is 1. The van der Waals surface area contributed by atoms with E-state index in [0.717, 1.165) is 38.4 Å². The maximum atomic E-state index is 15.3. The lowest BCUT2D eigenvalue weighted by Crippen LogP contribution is -2.51. The summed E-state index contributed by atoms with van der Waals surface area (Å²) in [6.07, 6.45) is 2.69. The molecule has 1 aromatic heterocycles. The van der Waals surface area contributed by atoms with Crippen LogP contribution in [0, 0.1) is 5.92 Å². The summed E-state index contributed by atoms with van der Waals surface area (Å²) >= 11 is 3.71. The molecule has 5 aromatic rings. The zero-order valence-electron chi connectivity index (χ0n) is 31.3. The van der Waals surface area contributed by atoms with Crippen molar-refractivity contribution in [3.63, 3.8) is 0 Å². The molecule has 4 aromatic carbocycles. The number of carbonyl (C=O) groups is 2. The van der Waals surface area contributed by atoms with Crippen LogP contribution in [0.1, 0.15) is 30.2 Å². The Balaban J connectivity index is 1.13. The second-order valence-electron chi connectivity index (χ2n) is 15.1.